The minimum atomic E-state index is -0.240. The molecule has 9 nitrogen and oxygen atoms in total. The first-order valence-electron chi connectivity index (χ1n) is 11.2. The third-order valence-electron chi connectivity index (χ3n) is 6.62. The largest absolute Gasteiger partial charge is 0.497 e. The van der Waals surface area contributed by atoms with Gasteiger partial charge in [-0.3, -0.25) is 19.6 Å². The van der Waals surface area contributed by atoms with Crippen LogP contribution >= 0.6 is 0 Å². The average molecular weight is 437 g/mol. The molecule has 1 aromatic heterocycles. The smallest absolute Gasteiger partial charge is 0.331 e. The number of carbonyl (C=O) groups is 2. The lowest BCUT2D eigenvalue weighted by Gasteiger charge is -2.35. The fraction of sp³-hybridized carbons (Fsp3) is 0.478. The van der Waals surface area contributed by atoms with Gasteiger partial charge in [-0.1, -0.05) is 19.8 Å². The first kappa shape index (κ1) is 20.5. The molecule has 3 aliphatic rings. The van der Waals surface area contributed by atoms with Crippen molar-refractivity contribution >= 4 is 23.6 Å². The predicted octanol–water partition coefficient (Wildman–Crippen LogP) is 2.58. The fourth-order valence-electron chi connectivity index (χ4n) is 4.84. The molecule has 2 aliphatic heterocycles. The molecule has 1 saturated carbocycles. The summed E-state index contributed by atoms with van der Waals surface area (Å²) in [6.45, 7) is 3.19. The molecule has 1 aliphatic carbocycles. The van der Waals surface area contributed by atoms with Crippen molar-refractivity contribution in [3.63, 3.8) is 0 Å². The normalized spacial score (nSPS) is 22.3. The van der Waals surface area contributed by atoms with Crippen LogP contribution in [0.25, 0.3) is 5.69 Å². The van der Waals surface area contributed by atoms with E-state index in [9.17, 15) is 9.59 Å². The summed E-state index contributed by atoms with van der Waals surface area (Å²) >= 11 is 0. The summed E-state index contributed by atoms with van der Waals surface area (Å²) in [5, 5.41) is 7.71. The minimum Gasteiger partial charge on any atom is -0.497 e. The number of aromatic nitrogens is 2. The molecule has 1 N–H and O–H groups in total. The van der Waals surface area contributed by atoms with E-state index in [-0.39, 0.29) is 24.5 Å². The molecule has 5 rings (SSSR count). The summed E-state index contributed by atoms with van der Waals surface area (Å²) < 4.78 is 6.95. The Morgan fingerprint density at radius 3 is 2.75 bits per heavy atom. The van der Waals surface area contributed by atoms with E-state index in [0.717, 1.165) is 36.3 Å². The lowest BCUT2D eigenvalue weighted by molar-refractivity contribution is -0.121. The number of amidine groups is 1. The third-order valence-corrected chi connectivity index (χ3v) is 6.62. The Morgan fingerprint density at radius 1 is 1.22 bits per heavy atom. The number of aliphatic imine (C=N–C) groups is 1. The van der Waals surface area contributed by atoms with Crippen molar-refractivity contribution in [3.8, 4) is 11.4 Å². The molecule has 0 bridgehead atoms. The molecular weight excluding hydrogens is 408 g/mol. The highest BCUT2D eigenvalue weighted by atomic mass is 16.5. The lowest BCUT2D eigenvalue weighted by Crippen LogP contribution is -2.54. The number of methoxy groups -OCH3 is 1. The number of fused-ring (bicyclic) bond motifs is 3. The van der Waals surface area contributed by atoms with Gasteiger partial charge in [-0.15, -0.1) is 0 Å². The van der Waals surface area contributed by atoms with Gasteiger partial charge < -0.3 is 10.1 Å². The second-order valence-corrected chi connectivity index (χ2v) is 8.65. The summed E-state index contributed by atoms with van der Waals surface area (Å²) in [5.41, 5.74) is 1.54. The highest BCUT2D eigenvalue weighted by Gasteiger charge is 2.41. The molecule has 0 spiro atoms. The standard InChI is InChI=1S/C23H28N6O3/c1-15-5-3-4-6-19(15)26-20(30)14-28-22-18(21-24-11-12-27(21)23(28)31)13-25-29(22)16-7-9-17(32-2)10-8-16/h7-10,13,15,19H,3-6,11-12,14H2,1-2H3,(H,26,30)/t15-,19-/m1/s1. The van der Waals surface area contributed by atoms with E-state index in [1.165, 1.54) is 11.3 Å². The van der Waals surface area contributed by atoms with E-state index in [1.54, 1.807) is 22.9 Å². The zero-order valence-corrected chi connectivity index (χ0v) is 18.5. The van der Waals surface area contributed by atoms with Crippen molar-refractivity contribution in [1.29, 1.82) is 0 Å². The number of urea groups is 1. The van der Waals surface area contributed by atoms with E-state index in [2.05, 4.69) is 22.3 Å². The van der Waals surface area contributed by atoms with E-state index >= 15 is 0 Å². The Balaban J connectivity index is 1.47. The Morgan fingerprint density at radius 2 is 2.00 bits per heavy atom. The van der Waals surface area contributed by atoms with Gasteiger partial charge in [0.05, 0.1) is 31.1 Å². The van der Waals surface area contributed by atoms with Crippen LogP contribution in [0.3, 0.4) is 0 Å². The molecule has 1 fully saturated rings. The van der Waals surface area contributed by atoms with E-state index in [1.807, 2.05) is 24.3 Å². The molecule has 0 radical (unpaired) electrons. The van der Waals surface area contributed by atoms with Crippen LogP contribution in [-0.2, 0) is 4.79 Å². The molecule has 0 unspecified atom stereocenters. The molecule has 9 heteroatoms. The number of hydrogen-bond donors (Lipinski definition) is 1. The maximum Gasteiger partial charge on any atom is 0.331 e. The number of anilines is 1. The van der Waals surface area contributed by atoms with Crippen LogP contribution in [0.15, 0.2) is 35.5 Å². The second kappa shape index (κ2) is 8.29. The first-order chi connectivity index (χ1) is 15.6. The molecule has 168 valence electrons. The lowest BCUT2D eigenvalue weighted by atomic mass is 9.86. The molecule has 2 aromatic rings. The van der Waals surface area contributed by atoms with Crippen LogP contribution in [0.2, 0.25) is 0 Å². The van der Waals surface area contributed by atoms with Gasteiger partial charge in [0.25, 0.3) is 0 Å². The number of amides is 3. The zero-order chi connectivity index (χ0) is 22.2. The number of carbonyl (C=O) groups excluding carboxylic acids is 2. The van der Waals surface area contributed by atoms with Crippen molar-refractivity contribution in [2.45, 2.75) is 38.6 Å². The zero-order valence-electron chi connectivity index (χ0n) is 18.5. The van der Waals surface area contributed by atoms with Gasteiger partial charge in [0.15, 0.2) is 5.82 Å². The number of hydrogen-bond acceptors (Lipinski definition) is 5. The molecule has 3 heterocycles. The van der Waals surface area contributed by atoms with Gasteiger partial charge >= 0.3 is 6.03 Å². The van der Waals surface area contributed by atoms with Crippen molar-refractivity contribution in [1.82, 2.24) is 20.0 Å². The molecule has 32 heavy (non-hydrogen) atoms. The highest BCUT2D eigenvalue weighted by molar-refractivity contribution is 6.20. The Kier molecular flexibility index (Phi) is 5.32. The van der Waals surface area contributed by atoms with Gasteiger partial charge in [-0.05, 0) is 43.0 Å². The van der Waals surface area contributed by atoms with Gasteiger partial charge in [0.1, 0.15) is 18.1 Å². The summed E-state index contributed by atoms with van der Waals surface area (Å²) in [4.78, 5) is 34.1. The quantitative estimate of drug-likeness (QED) is 0.780. The number of nitrogens with zero attached hydrogens (tertiary/aromatic N) is 5. The van der Waals surface area contributed by atoms with Crippen molar-refractivity contribution in [3.05, 3.63) is 36.0 Å². The maximum atomic E-state index is 13.4. The Labute approximate surface area is 187 Å². The van der Waals surface area contributed by atoms with Gasteiger partial charge in [0.2, 0.25) is 5.91 Å². The molecule has 0 saturated heterocycles. The van der Waals surface area contributed by atoms with Crippen LogP contribution < -0.4 is 15.0 Å². The van der Waals surface area contributed by atoms with Gasteiger partial charge in [-0.25, -0.2) is 9.48 Å². The Bertz CT molecular complexity index is 1060. The predicted molar refractivity (Wildman–Crippen MR) is 121 cm³/mol. The van der Waals surface area contributed by atoms with Crippen LogP contribution in [0.5, 0.6) is 5.75 Å². The van der Waals surface area contributed by atoms with Gasteiger partial charge in [-0.2, -0.15) is 5.10 Å². The summed E-state index contributed by atoms with van der Waals surface area (Å²) in [5.74, 6) is 2.23. The van der Waals surface area contributed by atoms with Crippen molar-refractivity contribution in [2.24, 2.45) is 10.9 Å². The molecule has 3 amide bonds. The number of nitrogens with one attached hydrogen (secondary N) is 1. The fourth-order valence-corrected chi connectivity index (χ4v) is 4.84. The number of ether oxygens (including phenoxy) is 1. The van der Waals surface area contributed by atoms with Gasteiger partial charge in [0, 0.05) is 12.6 Å². The van der Waals surface area contributed by atoms with E-state index in [4.69, 9.17) is 4.74 Å². The van der Waals surface area contributed by atoms with Crippen LogP contribution in [0, 0.1) is 5.92 Å². The number of rotatable bonds is 5. The van der Waals surface area contributed by atoms with E-state index < -0.39 is 0 Å². The first-order valence-corrected chi connectivity index (χ1v) is 11.2. The van der Waals surface area contributed by atoms with Crippen molar-refractivity contribution < 1.29 is 14.3 Å². The van der Waals surface area contributed by atoms with Crippen molar-refractivity contribution in [2.75, 3.05) is 31.6 Å². The topological polar surface area (TPSA) is 92.1 Å². The molecule has 1 aromatic carbocycles. The summed E-state index contributed by atoms with van der Waals surface area (Å²) in [6, 6.07) is 7.36. The monoisotopic (exact) mass is 436 g/mol. The van der Waals surface area contributed by atoms with Crippen LogP contribution in [0.1, 0.15) is 38.2 Å². The molecular formula is C23H28N6O3. The SMILES string of the molecule is COc1ccc(-n2ncc3c2N(CC(=O)N[C@@H]2CCCC[C@H]2C)C(=O)N2CCN=C32)cc1. The maximum absolute atomic E-state index is 13.4. The minimum absolute atomic E-state index is 0.0549. The average Bonchev–Trinajstić information content (AvgIpc) is 3.46. The van der Waals surface area contributed by atoms with E-state index in [0.29, 0.717) is 30.7 Å². The third kappa shape index (κ3) is 3.51. The number of benzene rings is 1. The molecule has 2 atom stereocenters. The van der Waals surface area contributed by atoms with Crippen LogP contribution in [-0.4, -0.2) is 65.2 Å². The Hall–Kier alpha value is -3.36. The second-order valence-electron chi connectivity index (χ2n) is 8.65. The highest BCUT2D eigenvalue weighted by Crippen LogP contribution is 2.33. The summed E-state index contributed by atoms with van der Waals surface area (Å²) in [6.07, 6.45) is 6.16. The summed E-state index contributed by atoms with van der Waals surface area (Å²) in [7, 11) is 1.61. The van der Waals surface area contributed by atoms with Crippen LogP contribution in [0.4, 0.5) is 10.6 Å².